The van der Waals surface area contributed by atoms with Gasteiger partial charge in [0.2, 0.25) is 5.75 Å². The van der Waals surface area contributed by atoms with Crippen LogP contribution in [0.4, 0.5) is 14.5 Å². The SMILES string of the molecule is Cc1ccc(OC(F)F)c([N+](=O)[O-])c1C(O)C(=O)O. The number of carboxylic acids is 1. The van der Waals surface area contributed by atoms with Crippen LogP contribution in [0.25, 0.3) is 0 Å². The largest absolute Gasteiger partial charge is 0.479 e. The van der Waals surface area contributed by atoms with Gasteiger partial charge >= 0.3 is 18.3 Å². The molecule has 19 heavy (non-hydrogen) atoms. The number of aliphatic carboxylic acids is 1. The van der Waals surface area contributed by atoms with Crippen LogP contribution in [-0.2, 0) is 4.79 Å². The summed E-state index contributed by atoms with van der Waals surface area (Å²) in [6.07, 6.45) is -2.21. The molecule has 0 fully saturated rings. The van der Waals surface area contributed by atoms with Gasteiger partial charge in [-0.3, -0.25) is 10.1 Å². The van der Waals surface area contributed by atoms with Crippen LogP contribution in [0.5, 0.6) is 5.75 Å². The standard InChI is InChI=1S/C10H9F2NO6/c1-4-2-3-5(19-10(11)12)7(13(17)18)6(4)8(14)9(15)16/h2-3,8,10,14H,1H3,(H,15,16). The molecule has 0 radical (unpaired) electrons. The Morgan fingerprint density at radius 3 is 2.47 bits per heavy atom. The lowest BCUT2D eigenvalue weighted by Gasteiger charge is -2.13. The number of ether oxygens (including phenoxy) is 1. The molecule has 0 aromatic heterocycles. The molecule has 0 saturated heterocycles. The maximum atomic E-state index is 12.1. The second-order valence-corrected chi connectivity index (χ2v) is 3.52. The number of carbonyl (C=O) groups is 1. The second kappa shape index (κ2) is 5.57. The van der Waals surface area contributed by atoms with E-state index >= 15 is 0 Å². The fourth-order valence-corrected chi connectivity index (χ4v) is 1.54. The molecular formula is C10H9F2NO6. The quantitative estimate of drug-likeness (QED) is 0.625. The number of nitro benzene ring substituents is 1. The lowest BCUT2D eigenvalue weighted by molar-refractivity contribution is -0.387. The summed E-state index contributed by atoms with van der Waals surface area (Å²) in [5, 5.41) is 29.0. The number of halogens is 2. The average molecular weight is 277 g/mol. The van der Waals surface area contributed by atoms with Crippen LogP contribution in [0, 0.1) is 17.0 Å². The van der Waals surface area contributed by atoms with Gasteiger partial charge in [0.05, 0.1) is 10.5 Å². The number of alkyl halides is 2. The summed E-state index contributed by atoms with van der Waals surface area (Å²) in [4.78, 5) is 20.5. The Morgan fingerprint density at radius 1 is 1.47 bits per heavy atom. The van der Waals surface area contributed by atoms with E-state index in [1.54, 1.807) is 0 Å². The Morgan fingerprint density at radius 2 is 2.05 bits per heavy atom. The third-order valence-electron chi connectivity index (χ3n) is 2.30. The number of hydrogen-bond donors (Lipinski definition) is 2. The highest BCUT2D eigenvalue weighted by atomic mass is 19.3. The summed E-state index contributed by atoms with van der Waals surface area (Å²) in [6.45, 7) is -2.00. The van der Waals surface area contributed by atoms with E-state index in [1.807, 2.05) is 0 Å². The third kappa shape index (κ3) is 3.13. The van der Waals surface area contributed by atoms with Crippen LogP contribution in [0.2, 0.25) is 0 Å². The predicted molar refractivity (Wildman–Crippen MR) is 57.1 cm³/mol. The molecule has 0 aliphatic heterocycles. The summed E-state index contributed by atoms with van der Waals surface area (Å²) in [7, 11) is 0. The van der Waals surface area contributed by atoms with Crippen molar-refractivity contribution in [2.45, 2.75) is 19.6 Å². The number of aliphatic hydroxyl groups is 1. The molecule has 1 atom stereocenters. The highest BCUT2D eigenvalue weighted by Crippen LogP contribution is 2.37. The Labute approximate surface area is 105 Å². The maximum absolute atomic E-state index is 12.1. The number of carboxylic acid groups (broad SMARTS) is 1. The molecule has 0 saturated carbocycles. The molecule has 1 rings (SSSR count). The lowest BCUT2D eigenvalue weighted by atomic mass is 10.0. The van der Waals surface area contributed by atoms with Gasteiger partial charge < -0.3 is 14.9 Å². The first-order chi connectivity index (χ1) is 8.75. The summed E-state index contributed by atoms with van der Waals surface area (Å²) >= 11 is 0. The first-order valence-corrected chi connectivity index (χ1v) is 4.89. The van der Waals surface area contributed by atoms with Crippen molar-refractivity contribution in [1.29, 1.82) is 0 Å². The van der Waals surface area contributed by atoms with Gasteiger partial charge in [0.1, 0.15) is 0 Å². The number of aliphatic hydroxyl groups excluding tert-OH is 1. The van der Waals surface area contributed by atoms with E-state index in [9.17, 15) is 28.8 Å². The average Bonchev–Trinajstić information content (AvgIpc) is 2.28. The van der Waals surface area contributed by atoms with Crippen molar-refractivity contribution in [3.63, 3.8) is 0 Å². The van der Waals surface area contributed by atoms with Crippen LogP contribution >= 0.6 is 0 Å². The number of hydrogen-bond acceptors (Lipinski definition) is 5. The van der Waals surface area contributed by atoms with E-state index in [0.717, 1.165) is 12.1 Å². The Balaban J connectivity index is 3.50. The van der Waals surface area contributed by atoms with Crippen molar-refractivity contribution < 1.29 is 33.4 Å². The van der Waals surface area contributed by atoms with Gasteiger partial charge in [-0.15, -0.1) is 0 Å². The van der Waals surface area contributed by atoms with Crippen molar-refractivity contribution in [1.82, 2.24) is 0 Å². The third-order valence-corrected chi connectivity index (χ3v) is 2.30. The highest BCUT2D eigenvalue weighted by molar-refractivity contribution is 5.77. The van der Waals surface area contributed by atoms with Crippen LogP contribution in [0.15, 0.2) is 12.1 Å². The Hall–Kier alpha value is -2.29. The van der Waals surface area contributed by atoms with Crippen LogP contribution in [0.1, 0.15) is 17.2 Å². The van der Waals surface area contributed by atoms with Gasteiger partial charge in [0.15, 0.2) is 6.10 Å². The normalized spacial score (nSPS) is 12.3. The fraction of sp³-hybridized carbons (Fsp3) is 0.300. The molecule has 7 nitrogen and oxygen atoms in total. The van der Waals surface area contributed by atoms with Crippen LogP contribution in [0.3, 0.4) is 0 Å². The zero-order valence-corrected chi connectivity index (χ0v) is 9.54. The Bertz CT molecular complexity index is 519. The molecule has 1 aromatic rings. The minimum absolute atomic E-state index is 0.0724. The molecule has 0 bridgehead atoms. The maximum Gasteiger partial charge on any atom is 0.387 e. The van der Waals surface area contributed by atoms with Crippen molar-refractivity contribution in [2.75, 3.05) is 0 Å². The number of benzene rings is 1. The smallest absolute Gasteiger partial charge is 0.387 e. The van der Waals surface area contributed by atoms with E-state index in [4.69, 9.17) is 5.11 Å². The minimum atomic E-state index is -3.31. The molecule has 0 heterocycles. The van der Waals surface area contributed by atoms with Gasteiger partial charge in [-0.05, 0) is 18.6 Å². The van der Waals surface area contributed by atoms with E-state index in [0.29, 0.717) is 0 Å². The van der Waals surface area contributed by atoms with Gasteiger partial charge in [0.25, 0.3) is 0 Å². The summed E-state index contributed by atoms with van der Waals surface area (Å²) in [6, 6.07) is 2.06. The van der Waals surface area contributed by atoms with E-state index in [-0.39, 0.29) is 5.56 Å². The van der Waals surface area contributed by atoms with Crippen LogP contribution < -0.4 is 4.74 Å². The van der Waals surface area contributed by atoms with Crippen molar-refractivity contribution >= 4 is 11.7 Å². The van der Waals surface area contributed by atoms with Gasteiger partial charge in [-0.25, -0.2) is 4.79 Å². The molecule has 0 spiro atoms. The zero-order valence-electron chi connectivity index (χ0n) is 9.54. The van der Waals surface area contributed by atoms with E-state index < -0.39 is 40.6 Å². The number of nitrogens with zero attached hydrogens (tertiary/aromatic N) is 1. The number of aryl methyl sites for hydroxylation is 1. The number of nitro groups is 1. The van der Waals surface area contributed by atoms with E-state index in [1.165, 1.54) is 6.92 Å². The molecule has 9 heteroatoms. The predicted octanol–water partition coefficient (Wildman–Crippen LogP) is 1.62. The molecule has 0 aliphatic carbocycles. The van der Waals surface area contributed by atoms with Gasteiger partial charge in [-0.1, -0.05) is 6.07 Å². The zero-order chi connectivity index (χ0) is 14.7. The fourth-order valence-electron chi connectivity index (χ4n) is 1.54. The van der Waals surface area contributed by atoms with Crippen molar-refractivity contribution in [3.8, 4) is 5.75 Å². The molecule has 1 aromatic carbocycles. The monoisotopic (exact) mass is 277 g/mol. The van der Waals surface area contributed by atoms with Gasteiger partial charge in [-0.2, -0.15) is 8.78 Å². The molecular weight excluding hydrogens is 268 g/mol. The summed E-state index contributed by atoms with van der Waals surface area (Å²) in [5.41, 5.74) is -1.51. The van der Waals surface area contributed by atoms with Crippen LogP contribution in [-0.4, -0.2) is 27.7 Å². The van der Waals surface area contributed by atoms with Gasteiger partial charge in [0, 0.05) is 0 Å². The molecule has 2 N–H and O–H groups in total. The molecule has 0 aliphatic rings. The highest BCUT2D eigenvalue weighted by Gasteiger charge is 2.32. The van der Waals surface area contributed by atoms with Crippen molar-refractivity contribution in [3.05, 3.63) is 33.4 Å². The minimum Gasteiger partial charge on any atom is -0.479 e. The lowest BCUT2D eigenvalue weighted by Crippen LogP contribution is -2.15. The first kappa shape index (κ1) is 14.8. The summed E-state index contributed by atoms with van der Waals surface area (Å²) in [5.74, 6) is -2.54. The molecule has 0 amide bonds. The second-order valence-electron chi connectivity index (χ2n) is 3.52. The molecule has 104 valence electrons. The van der Waals surface area contributed by atoms with E-state index in [2.05, 4.69) is 4.74 Å². The molecule has 1 unspecified atom stereocenters. The van der Waals surface area contributed by atoms with Crippen molar-refractivity contribution in [2.24, 2.45) is 0 Å². The first-order valence-electron chi connectivity index (χ1n) is 4.89. The summed E-state index contributed by atoms with van der Waals surface area (Å²) < 4.78 is 28.2. The topological polar surface area (TPSA) is 110 Å². The Kier molecular flexibility index (Phi) is 4.33. The number of rotatable bonds is 5.